The predicted octanol–water partition coefficient (Wildman–Crippen LogP) is 5.75. The molecule has 0 aromatic heterocycles. The van der Waals surface area contributed by atoms with E-state index in [-0.39, 0.29) is 30.3 Å². The normalized spacial score (nSPS) is 18.2. The number of ether oxygens (including phenoxy) is 1. The maximum Gasteiger partial charge on any atom is 0.329 e. The molecule has 0 bridgehead atoms. The van der Waals surface area contributed by atoms with Crippen molar-refractivity contribution in [2.75, 3.05) is 33.2 Å². The molecule has 2 unspecified atom stereocenters. The van der Waals surface area contributed by atoms with E-state index in [2.05, 4.69) is 37.9 Å². The van der Waals surface area contributed by atoms with E-state index >= 15 is 0 Å². The largest absolute Gasteiger partial charge is 0.456 e. The molecule has 45 heavy (non-hydrogen) atoms. The van der Waals surface area contributed by atoms with Crippen molar-refractivity contribution >= 4 is 24.2 Å². The summed E-state index contributed by atoms with van der Waals surface area (Å²) in [5, 5.41) is 2.37. The van der Waals surface area contributed by atoms with Gasteiger partial charge in [-0.3, -0.25) is 14.4 Å². The molecule has 0 spiro atoms. The number of hydrogen-bond donors (Lipinski definition) is 1. The fourth-order valence-electron chi connectivity index (χ4n) is 5.46. The number of likely N-dealkylation sites (N-methyl/N-ethyl adjacent to an activating group) is 1. The number of hydrogen-bond acceptors (Lipinski definition) is 6. The zero-order valence-electron chi connectivity index (χ0n) is 29.4. The number of amides is 3. The highest BCUT2D eigenvalue weighted by molar-refractivity contribution is 5.96. The third-order valence-electron chi connectivity index (χ3n) is 8.09. The summed E-state index contributed by atoms with van der Waals surface area (Å²) in [4.78, 5) is 54.6. The van der Waals surface area contributed by atoms with Gasteiger partial charge in [0.15, 0.2) is 0 Å². The number of carbonyl (C=O) groups is 4. The second kappa shape index (κ2) is 21.5. The molecule has 9 nitrogen and oxygen atoms in total. The predicted molar refractivity (Wildman–Crippen MR) is 181 cm³/mol. The van der Waals surface area contributed by atoms with Gasteiger partial charge in [-0.2, -0.15) is 0 Å². The molecule has 1 aromatic rings. The van der Waals surface area contributed by atoms with Crippen molar-refractivity contribution < 1.29 is 23.9 Å². The molecule has 2 saturated heterocycles. The maximum atomic E-state index is 13.2. The van der Waals surface area contributed by atoms with Crippen LogP contribution < -0.4 is 5.32 Å². The Morgan fingerprint density at radius 3 is 2.09 bits per heavy atom. The Hall–Kier alpha value is -3.20. The third kappa shape index (κ3) is 13.8. The molecule has 9 heteroatoms. The van der Waals surface area contributed by atoms with E-state index in [1.165, 1.54) is 43.7 Å². The van der Waals surface area contributed by atoms with Crippen molar-refractivity contribution in [3.05, 3.63) is 47.5 Å². The quantitative estimate of drug-likeness (QED) is 0.190. The highest BCUT2D eigenvalue weighted by Crippen LogP contribution is 2.25. The summed E-state index contributed by atoms with van der Waals surface area (Å²) in [6, 6.07) is 9.29. The lowest BCUT2D eigenvalue weighted by Gasteiger charge is -2.30. The highest BCUT2D eigenvalue weighted by atomic mass is 16.5. The summed E-state index contributed by atoms with van der Waals surface area (Å²) in [6.07, 6.45) is 8.65. The second-order valence-electron chi connectivity index (χ2n) is 12.6. The number of likely N-dealkylation sites (tertiary alicyclic amines) is 2. The smallest absolute Gasteiger partial charge is 0.329 e. The summed E-state index contributed by atoms with van der Waals surface area (Å²) >= 11 is 0. The van der Waals surface area contributed by atoms with Crippen LogP contribution in [-0.2, 0) is 23.9 Å². The zero-order valence-corrected chi connectivity index (χ0v) is 29.4. The first-order valence-electron chi connectivity index (χ1n) is 16.8. The minimum absolute atomic E-state index is 0.0454. The molecule has 0 aliphatic carbocycles. The number of carbonyl (C=O) groups excluding carboxylic acids is 4. The Labute approximate surface area is 272 Å². The molecular formula is C36H60N4O5. The minimum atomic E-state index is -0.624. The Morgan fingerprint density at radius 2 is 1.58 bits per heavy atom. The number of nitrogens with one attached hydrogen (secondary N) is 1. The van der Waals surface area contributed by atoms with Crippen molar-refractivity contribution in [2.24, 2.45) is 5.92 Å². The molecule has 254 valence electrons. The lowest BCUT2D eigenvalue weighted by Crippen LogP contribution is -2.45. The van der Waals surface area contributed by atoms with E-state index in [0.29, 0.717) is 24.9 Å². The van der Waals surface area contributed by atoms with Crippen LogP contribution in [0.15, 0.2) is 42.0 Å². The Balaban J connectivity index is 0.000000704. The number of benzene rings is 1. The first kappa shape index (κ1) is 39.8. The molecule has 1 aromatic carbocycles. The number of esters is 1. The summed E-state index contributed by atoms with van der Waals surface area (Å²) in [5.74, 6) is -0.851. The van der Waals surface area contributed by atoms with Crippen LogP contribution in [0.5, 0.6) is 0 Å². The van der Waals surface area contributed by atoms with Gasteiger partial charge in [0.25, 0.3) is 0 Å². The van der Waals surface area contributed by atoms with Crippen molar-refractivity contribution in [3.8, 4) is 0 Å². The SMILES string of the molecule is C/C(=C\[C@H](C(C)C)N(C)C(=O)CNC=O)C(=O)N1CCCC1C(=O)OC(C)c1ccccc1.CC(C)N1CCCCC1.CCC. The average molecular weight is 629 g/mol. The van der Waals surface area contributed by atoms with Crippen molar-refractivity contribution in [1.82, 2.24) is 20.0 Å². The third-order valence-corrected chi connectivity index (χ3v) is 8.09. The van der Waals surface area contributed by atoms with E-state index in [1.54, 1.807) is 24.9 Å². The lowest BCUT2D eigenvalue weighted by atomic mass is 9.99. The van der Waals surface area contributed by atoms with Gasteiger partial charge in [0, 0.05) is 25.2 Å². The standard InChI is InChI=1S/C25H35N3O5.C8H17N.C3H8/c1-17(2)22(27(5)23(30)15-26-16-29)14-18(3)24(31)28-13-9-12-21(28)25(32)33-19(4)20-10-7-6-8-11-20;1-8(2)9-6-4-3-5-7-9;1-3-2/h6-8,10-11,14,16-17,19,21-22H,9,12-13,15H2,1-5H3,(H,26,29);8H,3-7H2,1-2H3;3H2,1-2H3/b18-14+;;/t19?,21?,22-;;/m1../s1. The molecule has 2 aliphatic heterocycles. The van der Waals surface area contributed by atoms with E-state index < -0.39 is 18.1 Å². The van der Waals surface area contributed by atoms with Crippen LogP contribution in [0.3, 0.4) is 0 Å². The van der Waals surface area contributed by atoms with Gasteiger partial charge in [-0.15, -0.1) is 0 Å². The monoisotopic (exact) mass is 628 g/mol. The molecule has 2 heterocycles. The average Bonchev–Trinajstić information content (AvgIpc) is 3.53. The van der Waals surface area contributed by atoms with Crippen LogP contribution in [0.1, 0.15) is 106 Å². The first-order chi connectivity index (χ1) is 21.4. The van der Waals surface area contributed by atoms with Crippen LogP contribution >= 0.6 is 0 Å². The summed E-state index contributed by atoms with van der Waals surface area (Å²) in [6.45, 7) is 19.3. The molecule has 0 saturated carbocycles. The topological polar surface area (TPSA) is 99.3 Å². The van der Waals surface area contributed by atoms with Gasteiger partial charge in [0.05, 0.1) is 12.6 Å². The Morgan fingerprint density at radius 1 is 0.978 bits per heavy atom. The van der Waals surface area contributed by atoms with Gasteiger partial charge < -0.3 is 24.8 Å². The van der Waals surface area contributed by atoms with Crippen molar-refractivity contribution in [3.63, 3.8) is 0 Å². The van der Waals surface area contributed by atoms with Crippen LogP contribution in [-0.4, -0.2) is 90.2 Å². The van der Waals surface area contributed by atoms with Crippen LogP contribution in [0.25, 0.3) is 0 Å². The van der Waals surface area contributed by atoms with Gasteiger partial charge in [-0.25, -0.2) is 4.79 Å². The fourth-order valence-corrected chi connectivity index (χ4v) is 5.46. The van der Waals surface area contributed by atoms with Crippen molar-refractivity contribution in [2.45, 2.75) is 118 Å². The van der Waals surface area contributed by atoms with Crippen molar-refractivity contribution in [1.29, 1.82) is 0 Å². The maximum absolute atomic E-state index is 13.2. The first-order valence-corrected chi connectivity index (χ1v) is 16.8. The summed E-state index contributed by atoms with van der Waals surface area (Å²) in [5.41, 5.74) is 1.36. The lowest BCUT2D eigenvalue weighted by molar-refractivity contribution is -0.156. The Bertz CT molecular complexity index is 1050. The van der Waals surface area contributed by atoms with Crippen LogP contribution in [0.2, 0.25) is 0 Å². The zero-order chi connectivity index (χ0) is 33.9. The number of rotatable bonds is 11. The van der Waals surface area contributed by atoms with E-state index in [0.717, 1.165) is 18.0 Å². The van der Waals surface area contributed by atoms with E-state index in [9.17, 15) is 19.2 Å². The van der Waals surface area contributed by atoms with Gasteiger partial charge >= 0.3 is 5.97 Å². The molecule has 0 radical (unpaired) electrons. The van der Waals surface area contributed by atoms with E-state index in [4.69, 9.17) is 4.74 Å². The second-order valence-corrected chi connectivity index (χ2v) is 12.6. The highest BCUT2D eigenvalue weighted by Gasteiger charge is 2.37. The molecule has 1 N–H and O–H groups in total. The molecule has 3 atom stereocenters. The molecular weight excluding hydrogens is 568 g/mol. The van der Waals surface area contributed by atoms with Gasteiger partial charge in [0.2, 0.25) is 18.2 Å². The number of nitrogens with zero attached hydrogens (tertiary/aromatic N) is 3. The Kier molecular flexibility index (Phi) is 19.0. The van der Waals surface area contributed by atoms with Gasteiger partial charge in [-0.05, 0) is 77.9 Å². The molecule has 2 fully saturated rings. The van der Waals surface area contributed by atoms with Crippen LogP contribution in [0, 0.1) is 5.92 Å². The fraction of sp³-hybridized carbons (Fsp3) is 0.667. The van der Waals surface area contributed by atoms with Crippen LogP contribution in [0.4, 0.5) is 0 Å². The molecule has 2 aliphatic rings. The van der Waals surface area contributed by atoms with E-state index in [1.807, 2.05) is 51.1 Å². The van der Waals surface area contributed by atoms with Gasteiger partial charge in [0.1, 0.15) is 12.1 Å². The minimum Gasteiger partial charge on any atom is -0.456 e. The molecule has 3 rings (SSSR count). The molecule has 3 amide bonds. The summed E-state index contributed by atoms with van der Waals surface area (Å²) < 4.78 is 5.67. The number of piperidine rings is 1. The van der Waals surface area contributed by atoms with Gasteiger partial charge in [-0.1, -0.05) is 76.9 Å². The summed E-state index contributed by atoms with van der Waals surface area (Å²) in [7, 11) is 1.65.